The van der Waals surface area contributed by atoms with Gasteiger partial charge in [0, 0.05) is 6.20 Å². The number of amides is 1. The number of carbonyl (C=O) groups excluding carboxylic acids is 2. The Morgan fingerprint density at radius 3 is 2.74 bits per heavy atom. The first kappa shape index (κ1) is 15.6. The van der Waals surface area contributed by atoms with Gasteiger partial charge in [-0.25, -0.2) is 9.78 Å². The fourth-order valence-corrected chi connectivity index (χ4v) is 2.24. The molecule has 1 amide bonds. The molecule has 104 valence electrons. The van der Waals surface area contributed by atoms with E-state index in [9.17, 15) is 9.59 Å². The van der Waals surface area contributed by atoms with E-state index in [1.807, 2.05) is 6.92 Å². The van der Waals surface area contributed by atoms with Crippen molar-refractivity contribution in [3.05, 3.63) is 28.5 Å². The summed E-state index contributed by atoms with van der Waals surface area (Å²) >= 11 is 3.21. The summed E-state index contributed by atoms with van der Waals surface area (Å²) < 4.78 is 5.19. The number of rotatable bonds is 5. The van der Waals surface area contributed by atoms with Gasteiger partial charge in [-0.3, -0.25) is 4.79 Å². The molecule has 0 aliphatic carbocycles. The fourth-order valence-electron chi connectivity index (χ4n) is 1.81. The number of pyridine rings is 1. The highest BCUT2D eigenvalue weighted by Crippen LogP contribution is 2.18. The Hall–Kier alpha value is -1.43. The molecule has 5 nitrogen and oxygen atoms in total. The summed E-state index contributed by atoms with van der Waals surface area (Å²) in [6.45, 7) is 3.60. The van der Waals surface area contributed by atoms with Crippen LogP contribution in [0.5, 0.6) is 0 Å². The second-order valence-corrected chi connectivity index (χ2v) is 5.12. The highest BCUT2D eigenvalue weighted by Gasteiger charge is 2.35. The molecule has 0 saturated carbocycles. The first-order valence-electron chi connectivity index (χ1n) is 5.96. The van der Waals surface area contributed by atoms with E-state index in [1.54, 1.807) is 25.3 Å². The minimum Gasteiger partial charge on any atom is -0.467 e. The minimum atomic E-state index is -1.03. The third-order valence-corrected chi connectivity index (χ3v) is 3.41. The number of esters is 1. The van der Waals surface area contributed by atoms with Crippen LogP contribution in [-0.4, -0.2) is 29.5 Å². The second kappa shape index (κ2) is 6.65. The molecule has 1 unspecified atom stereocenters. The van der Waals surface area contributed by atoms with Crippen LogP contribution in [0.3, 0.4) is 0 Å². The summed E-state index contributed by atoms with van der Waals surface area (Å²) in [6.07, 6.45) is 2.83. The first-order valence-corrected chi connectivity index (χ1v) is 6.75. The Morgan fingerprint density at radius 2 is 2.21 bits per heavy atom. The monoisotopic (exact) mass is 328 g/mol. The highest BCUT2D eigenvalue weighted by atomic mass is 79.9. The Morgan fingerprint density at radius 1 is 1.53 bits per heavy atom. The predicted octanol–water partition coefficient (Wildman–Crippen LogP) is 2.31. The van der Waals surface area contributed by atoms with Crippen molar-refractivity contribution in [2.24, 2.45) is 0 Å². The lowest BCUT2D eigenvalue weighted by molar-refractivity contribution is -0.147. The van der Waals surface area contributed by atoms with Crippen LogP contribution in [0.1, 0.15) is 37.0 Å². The number of nitrogens with zero attached hydrogens (tertiary/aromatic N) is 1. The van der Waals surface area contributed by atoms with Gasteiger partial charge in [-0.15, -0.1) is 0 Å². The number of hydrogen-bond acceptors (Lipinski definition) is 4. The standard InChI is InChI=1S/C13H17BrN2O3/c1-4-7-13(2,12(18)19-3)16-11(17)9-6-5-8-15-10(9)14/h5-6,8H,4,7H2,1-3H3,(H,16,17). The normalized spacial score (nSPS) is 13.5. The van der Waals surface area contributed by atoms with Gasteiger partial charge in [0.1, 0.15) is 10.1 Å². The Labute approximate surface area is 120 Å². The molecule has 1 rings (SSSR count). The van der Waals surface area contributed by atoms with Crippen molar-refractivity contribution in [1.29, 1.82) is 0 Å². The zero-order valence-corrected chi connectivity index (χ0v) is 12.8. The van der Waals surface area contributed by atoms with Crippen molar-refractivity contribution >= 4 is 27.8 Å². The zero-order valence-electron chi connectivity index (χ0n) is 11.2. The largest absolute Gasteiger partial charge is 0.467 e. The quantitative estimate of drug-likeness (QED) is 0.665. The van der Waals surface area contributed by atoms with Crippen molar-refractivity contribution in [3.8, 4) is 0 Å². The van der Waals surface area contributed by atoms with Crippen LogP contribution >= 0.6 is 15.9 Å². The number of hydrogen-bond donors (Lipinski definition) is 1. The lowest BCUT2D eigenvalue weighted by atomic mass is 9.95. The molecule has 1 heterocycles. The van der Waals surface area contributed by atoms with Crippen molar-refractivity contribution in [2.75, 3.05) is 7.11 Å². The van der Waals surface area contributed by atoms with E-state index >= 15 is 0 Å². The molecule has 6 heteroatoms. The van der Waals surface area contributed by atoms with Gasteiger partial charge in [-0.2, -0.15) is 0 Å². The summed E-state index contributed by atoms with van der Waals surface area (Å²) in [4.78, 5) is 28.0. The van der Waals surface area contributed by atoms with E-state index in [0.29, 0.717) is 16.6 Å². The number of carbonyl (C=O) groups is 2. The average Bonchev–Trinajstić information content (AvgIpc) is 2.38. The SMILES string of the molecule is CCCC(C)(NC(=O)c1cccnc1Br)C(=O)OC. The summed E-state index contributed by atoms with van der Waals surface area (Å²) in [5, 5.41) is 2.72. The maximum atomic E-state index is 12.2. The van der Waals surface area contributed by atoms with Crippen molar-refractivity contribution in [2.45, 2.75) is 32.2 Å². The lowest BCUT2D eigenvalue weighted by Gasteiger charge is -2.27. The molecular weight excluding hydrogens is 312 g/mol. The third-order valence-electron chi connectivity index (χ3n) is 2.78. The number of aromatic nitrogens is 1. The number of methoxy groups -OCH3 is 1. The molecule has 0 saturated heterocycles. The van der Waals surface area contributed by atoms with Crippen LogP contribution in [0.25, 0.3) is 0 Å². The van der Waals surface area contributed by atoms with Gasteiger partial charge in [0.15, 0.2) is 0 Å². The molecule has 0 fully saturated rings. The predicted molar refractivity (Wildman–Crippen MR) is 74.7 cm³/mol. The fraction of sp³-hybridized carbons (Fsp3) is 0.462. The van der Waals surface area contributed by atoms with E-state index in [0.717, 1.165) is 6.42 Å². The average molecular weight is 329 g/mol. The number of ether oxygens (including phenoxy) is 1. The van der Waals surface area contributed by atoms with E-state index in [1.165, 1.54) is 7.11 Å². The van der Waals surface area contributed by atoms with Crippen LogP contribution < -0.4 is 5.32 Å². The molecule has 0 spiro atoms. The molecule has 1 aromatic rings. The smallest absolute Gasteiger partial charge is 0.331 e. The molecule has 0 aliphatic rings. The summed E-state index contributed by atoms with van der Waals surface area (Å²) in [6, 6.07) is 3.30. The van der Waals surface area contributed by atoms with Gasteiger partial charge in [0.25, 0.3) is 5.91 Å². The Balaban J connectivity index is 2.95. The first-order chi connectivity index (χ1) is 8.94. The zero-order chi connectivity index (χ0) is 14.5. The summed E-state index contributed by atoms with van der Waals surface area (Å²) in [5.74, 6) is -0.816. The van der Waals surface area contributed by atoms with Crippen LogP contribution in [0.4, 0.5) is 0 Å². The van der Waals surface area contributed by atoms with Crippen molar-refractivity contribution in [1.82, 2.24) is 10.3 Å². The van der Waals surface area contributed by atoms with Gasteiger partial charge < -0.3 is 10.1 Å². The molecule has 0 aliphatic heterocycles. The number of halogens is 1. The highest BCUT2D eigenvalue weighted by molar-refractivity contribution is 9.10. The van der Waals surface area contributed by atoms with Crippen LogP contribution in [0.2, 0.25) is 0 Å². The minimum absolute atomic E-state index is 0.360. The van der Waals surface area contributed by atoms with Crippen LogP contribution in [0.15, 0.2) is 22.9 Å². The van der Waals surface area contributed by atoms with Crippen LogP contribution in [0, 0.1) is 0 Å². The van der Waals surface area contributed by atoms with E-state index in [-0.39, 0.29) is 5.91 Å². The lowest BCUT2D eigenvalue weighted by Crippen LogP contribution is -2.52. The molecule has 0 bridgehead atoms. The maximum absolute atomic E-state index is 12.2. The molecule has 1 aromatic heterocycles. The van der Waals surface area contributed by atoms with Crippen molar-refractivity contribution < 1.29 is 14.3 Å². The Bertz CT molecular complexity index is 479. The molecule has 0 radical (unpaired) electrons. The van der Waals surface area contributed by atoms with E-state index < -0.39 is 11.5 Å². The summed E-state index contributed by atoms with van der Waals surface area (Å²) in [7, 11) is 1.31. The maximum Gasteiger partial charge on any atom is 0.331 e. The van der Waals surface area contributed by atoms with Gasteiger partial charge >= 0.3 is 5.97 Å². The van der Waals surface area contributed by atoms with E-state index in [4.69, 9.17) is 4.74 Å². The van der Waals surface area contributed by atoms with Gasteiger partial charge in [0.2, 0.25) is 0 Å². The third kappa shape index (κ3) is 3.76. The topological polar surface area (TPSA) is 68.3 Å². The van der Waals surface area contributed by atoms with Gasteiger partial charge in [0.05, 0.1) is 12.7 Å². The molecule has 1 N–H and O–H groups in total. The summed E-state index contributed by atoms with van der Waals surface area (Å²) in [5.41, 5.74) is -0.649. The van der Waals surface area contributed by atoms with Gasteiger partial charge in [-0.05, 0) is 41.4 Å². The molecule has 19 heavy (non-hydrogen) atoms. The van der Waals surface area contributed by atoms with Gasteiger partial charge in [-0.1, -0.05) is 13.3 Å². The molecule has 1 atom stereocenters. The Kier molecular flexibility index (Phi) is 5.47. The van der Waals surface area contributed by atoms with Crippen LogP contribution in [-0.2, 0) is 9.53 Å². The molecule has 0 aromatic carbocycles. The second-order valence-electron chi connectivity index (χ2n) is 4.37. The molecular formula is C13H17BrN2O3. The van der Waals surface area contributed by atoms with E-state index in [2.05, 4.69) is 26.2 Å². The van der Waals surface area contributed by atoms with Crippen molar-refractivity contribution in [3.63, 3.8) is 0 Å². The number of nitrogens with one attached hydrogen (secondary N) is 1.